The zero-order valence-electron chi connectivity index (χ0n) is 6.39. The topological polar surface area (TPSA) is 78.2 Å². The summed E-state index contributed by atoms with van der Waals surface area (Å²) in [6, 6.07) is 0. The van der Waals surface area contributed by atoms with E-state index in [1.165, 1.54) is 0 Å². The van der Waals surface area contributed by atoms with Crippen LogP contribution in [-0.4, -0.2) is 30.1 Å². The van der Waals surface area contributed by atoms with E-state index >= 15 is 0 Å². The summed E-state index contributed by atoms with van der Waals surface area (Å²) < 4.78 is 13.8. The highest BCUT2D eigenvalue weighted by Gasteiger charge is 2.08. The normalized spacial score (nSPS) is 17.6. The molecular formula is C5H10ClN3O2S. The summed E-state index contributed by atoms with van der Waals surface area (Å²) in [7, 11) is 2.85. The van der Waals surface area contributed by atoms with Crippen molar-refractivity contribution in [1.82, 2.24) is 0 Å². The third-order valence-corrected chi connectivity index (χ3v) is 2.11. The first-order valence-electron chi connectivity index (χ1n) is 3.15. The van der Waals surface area contributed by atoms with E-state index < -0.39 is 9.52 Å². The average Bonchev–Trinajstić information content (AvgIpc) is 1.94. The maximum absolute atomic E-state index is 8.88. The fraction of sp³-hybridized carbons (Fsp3) is 0.800. The largest absolute Gasteiger partial charge is 0.380 e. The zero-order chi connectivity index (χ0) is 9.45. The molecular weight excluding hydrogens is 202 g/mol. The number of hydrogen-bond donors (Lipinski definition) is 1. The van der Waals surface area contributed by atoms with Crippen LogP contribution < -0.4 is 0 Å². The van der Waals surface area contributed by atoms with Crippen molar-refractivity contribution >= 4 is 20.2 Å². The molecule has 0 aliphatic rings. The van der Waals surface area contributed by atoms with Crippen LogP contribution in [0.5, 0.6) is 0 Å². The van der Waals surface area contributed by atoms with Gasteiger partial charge in [-0.1, -0.05) is 14.6 Å². The van der Waals surface area contributed by atoms with E-state index in [4.69, 9.17) is 31.8 Å². The van der Waals surface area contributed by atoms with Crippen molar-refractivity contribution in [3.05, 3.63) is 16.7 Å². The summed E-state index contributed by atoms with van der Waals surface area (Å²) in [6.07, 6.45) is 5.12. The fourth-order valence-corrected chi connectivity index (χ4v) is 0.969. The van der Waals surface area contributed by atoms with Gasteiger partial charge in [-0.25, -0.2) is 0 Å². The van der Waals surface area contributed by atoms with E-state index in [9.17, 15) is 0 Å². The lowest BCUT2D eigenvalue weighted by Crippen LogP contribution is -2.05. The number of rotatable bonds is 6. The van der Waals surface area contributed by atoms with E-state index in [0.29, 0.717) is 6.61 Å². The molecule has 7 heteroatoms. The van der Waals surface area contributed by atoms with Crippen molar-refractivity contribution in [3.63, 3.8) is 0 Å². The highest BCUT2D eigenvalue weighted by molar-refractivity contribution is 8.48. The number of nitrogens with zero attached hydrogens (tertiary/aromatic N) is 3. The maximum atomic E-state index is 8.88. The molecule has 5 nitrogen and oxygen atoms in total. The van der Waals surface area contributed by atoms with E-state index in [0.717, 1.165) is 0 Å². The van der Waals surface area contributed by atoms with Crippen LogP contribution >= 0.6 is 20.2 Å². The minimum Gasteiger partial charge on any atom is -0.380 e. The van der Waals surface area contributed by atoms with Gasteiger partial charge in [-0.15, -0.1) is 0 Å². The van der Waals surface area contributed by atoms with Crippen LogP contribution in [-0.2, 0) is 4.74 Å². The van der Waals surface area contributed by atoms with Crippen molar-refractivity contribution in [2.24, 2.45) is 5.11 Å². The van der Waals surface area contributed by atoms with Crippen molar-refractivity contribution in [2.75, 3.05) is 25.5 Å². The number of halogens is 1. The molecule has 12 heavy (non-hydrogen) atoms. The molecule has 1 N–H and O–H groups in total. The molecule has 0 amide bonds. The molecule has 0 fully saturated rings. The number of hydrogen-bond acceptors (Lipinski definition) is 3. The van der Waals surface area contributed by atoms with Gasteiger partial charge in [0.25, 0.3) is 0 Å². The highest BCUT2D eigenvalue weighted by atomic mass is 35.7. The van der Waals surface area contributed by atoms with Gasteiger partial charge in [-0.2, -0.15) is 0 Å². The van der Waals surface area contributed by atoms with Crippen LogP contribution in [0.15, 0.2) is 5.11 Å². The molecule has 0 bridgehead atoms. The molecule has 0 aliphatic carbocycles. The second-order valence-electron chi connectivity index (χ2n) is 1.94. The number of ether oxygens (including phenoxy) is 1. The molecule has 1 atom stereocenters. The Morgan fingerprint density at radius 3 is 2.83 bits per heavy atom. The van der Waals surface area contributed by atoms with Crippen LogP contribution in [0.2, 0.25) is 0 Å². The summed E-state index contributed by atoms with van der Waals surface area (Å²) in [5, 5.41) is 3.24. The Balaban J connectivity index is 3.16. The molecule has 0 saturated carbocycles. The van der Waals surface area contributed by atoms with Gasteiger partial charge >= 0.3 is 0 Å². The third kappa shape index (κ3) is 9.87. The molecule has 0 aliphatic heterocycles. The SMILES string of the molecule is [CH]S(O)(Cl)CCOCCN=[N+]=[N-]. The molecule has 0 heterocycles. The van der Waals surface area contributed by atoms with Gasteiger partial charge in [0.2, 0.25) is 0 Å². The van der Waals surface area contributed by atoms with Crippen LogP contribution in [0, 0.1) is 6.26 Å². The predicted octanol–water partition coefficient (Wildman–Crippen LogP) is 2.41. The van der Waals surface area contributed by atoms with Gasteiger partial charge in [0.05, 0.1) is 19.5 Å². The predicted molar refractivity (Wildman–Crippen MR) is 50.1 cm³/mol. The molecule has 0 aromatic heterocycles. The van der Waals surface area contributed by atoms with Gasteiger partial charge < -0.3 is 9.29 Å². The molecule has 0 saturated heterocycles. The molecule has 0 aromatic rings. The van der Waals surface area contributed by atoms with Crippen molar-refractivity contribution in [3.8, 4) is 0 Å². The van der Waals surface area contributed by atoms with Gasteiger partial charge in [0.1, 0.15) is 0 Å². The first kappa shape index (κ1) is 11.9. The fourth-order valence-electron chi connectivity index (χ4n) is 0.428. The van der Waals surface area contributed by atoms with Crippen molar-refractivity contribution in [1.29, 1.82) is 0 Å². The lowest BCUT2D eigenvalue weighted by molar-refractivity contribution is 0.157. The molecule has 70 valence electrons. The summed E-state index contributed by atoms with van der Waals surface area (Å²) in [5.41, 5.74) is 7.88. The molecule has 1 unspecified atom stereocenters. The van der Waals surface area contributed by atoms with Gasteiger partial charge in [0.15, 0.2) is 0 Å². The minimum absolute atomic E-state index is 0.213. The summed E-state index contributed by atoms with van der Waals surface area (Å²) in [5.74, 6) is 0.213. The smallest absolute Gasteiger partial charge is 0.0573 e. The van der Waals surface area contributed by atoms with E-state index in [-0.39, 0.29) is 18.9 Å². The first-order valence-corrected chi connectivity index (χ1v) is 5.80. The Hall–Kier alpha value is -0.130. The van der Waals surface area contributed by atoms with Gasteiger partial charge in [-0.05, 0) is 16.2 Å². The van der Waals surface area contributed by atoms with E-state index in [1.54, 1.807) is 0 Å². The summed E-state index contributed by atoms with van der Waals surface area (Å²) in [6.45, 7) is 0.861. The van der Waals surface area contributed by atoms with E-state index in [1.807, 2.05) is 0 Å². The standard InChI is InChI=1S/C5H10ClN3O2S/c1-12(6,10)5-4-11-3-2-8-9-7/h1,10H,2-5H2. The molecule has 0 rings (SSSR count). The van der Waals surface area contributed by atoms with Crippen LogP contribution in [0.1, 0.15) is 0 Å². The maximum Gasteiger partial charge on any atom is 0.0573 e. The Morgan fingerprint density at radius 2 is 2.33 bits per heavy atom. The second kappa shape index (κ2) is 6.39. The lowest BCUT2D eigenvalue weighted by Gasteiger charge is -2.18. The van der Waals surface area contributed by atoms with E-state index in [2.05, 4.69) is 10.0 Å². The van der Waals surface area contributed by atoms with Crippen molar-refractivity contribution < 1.29 is 9.29 Å². The van der Waals surface area contributed by atoms with Crippen molar-refractivity contribution in [2.45, 2.75) is 0 Å². The Morgan fingerprint density at radius 1 is 1.67 bits per heavy atom. The average molecular weight is 212 g/mol. The van der Waals surface area contributed by atoms with Crippen LogP contribution in [0.25, 0.3) is 10.4 Å². The minimum atomic E-state index is -2.47. The zero-order valence-corrected chi connectivity index (χ0v) is 7.96. The summed E-state index contributed by atoms with van der Waals surface area (Å²) >= 11 is 0. The van der Waals surface area contributed by atoms with Gasteiger partial charge in [0, 0.05) is 17.2 Å². The third-order valence-electron chi connectivity index (χ3n) is 0.913. The lowest BCUT2D eigenvalue weighted by atomic mass is 10.7. The summed E-state index contributed by atoms with van der Waals surface area (Å²) in [4.78, 5) is 2.53. The Kier molecular flexibility index (Phi) is 6.32. The quantitative estimate of drug-likeness (QED) is 0.317. The monoisotopic (exact) mass is 211 g/mol. The second-order valence-corrected chi connectivity index (χ2v) is 5.29. The van der Waals surface area contributed by atoms with Gasteiger partial charge in [-0.3, -0.25) is 0 Å². The van der Waals surface area contributed by atoms with Crippen LogP contribution in [0.3, 0.4) is 0 Å². The molecule has 2 radical (unpaired) electrons. The highest BCUT2D eigenvalue weighted by Crippen LogP contribution is 2.46. The Bertz CT molecular complexity index is 167. The Labute approximate surface area is 77.3 Å². The first-order chi connectivity index (χ1) is 5.56. The molecule has 0 spiro atoms. The van der Waals surface area contributed by atoms with Crippen LogP contribution in [0.4, 0.5) is 0 Å². The molecule has 0 aromatic carbocycles. The number of azide groups is 1.